The molecule has 164 valence electrons. The number of amides is 1. The fourth-order valence-corrected chi connectivity index (χ4v) is 3.80. The molecule has 12 heteroatoms. The Morgan fingerprint density at radius 2 is 1.71 bits per heavy atom. The minimum atomic E-state index is -1.55. The highest BCUT2D eigenvalue weighted by Gasteiger charge is 2.31. The Hall–Kier alpha value is -3.80. The molecule has 1 heterocycles. The average molecular weight is 450 g/mol. The second-order valence-corrected chi connectivity index (χ2v) is 6.94. The number of esters is 2. The van der Waals surface area contributed by atoms with Gasteiger partial charge in [0, 0.05) is 6.07 Å². The van der Waals surface area contributed by atoms with Crippen molar-refractivity contribution < 1.29 is 38.7 Å². The van der Waals surface area contributed by atoms with Crippen LogP contribution in [0.15, 0.2) is 18.2 Å². The fraction of sp³-hybridized carbons (Fsp3) is 0.263. The number of thiophene rings is 1. The number of anilines is 1. The van der Waals surface area contributed by atoms with Gasteiger partial charge in [0.05, 0.1) is 29.3 Å². The van der Waals surface area contributed by atoms with Crippen molar-refractivity contribution in [3.8, 4) is 0 Å². The second kappa shape index (κ2) is 9.80. The number of rotatable bonds is 8. The molecule has 31 heavy (non-hydrogen) atoms. The van der Waals surface area contributed by atoms with E-state index in [2.05, 4.69) is 5.32 Å². The van der Waals surface area contributed by atoms with Crippen LogP contribution in [0.3, 0.4) is 0 Å². The zero-order valence-electron chi connectivity index (χ0n) is 16.7. The first-order valence-electron chi connectivity index (χ1n) is 8.93. The van der Waals surface area contributed by atoms with Gasteiger partial charge in [0.1, 0.15) is 15.4 Å². The number of aromatic carboxylic acids is 1. The molecular formula is C19H18N2O9S. The molecule has 1 amide bonds. The Morgan fingerprint density at radius 1 is 1.10 bits per heavy atom. The topological polar surface area (TPSA) is 162 Å². The predicted molar refractivity (Wildman–Crippen MR) is 109 cm³/mol. The van der Waals surface area contributed by atoms with Crippen LogP contribution in [-0.2, 0) is 9.47 Å². The number of ether oxygens (including phenoxy) is 2. The van der Waals surface area contributed by atoms with E-state index in [1.807, 2.05) is 0 Å². The monoisotopic (exact) mass is 450 g/mol. The van der Waals surface area contributed by atoms with Gasteiger partial charge in [-0.15, -0.1) is 11.3 Å². The zero-order chi connectivity index (χ0) is 23.3. The summed E-state index contributed by atoms with van der Waals surface area (Å²) in [4.78, 5) is 59.5. The Labute approximate surface area is 179 Å². The van der Waals surface area contributed by atoms with Crippen LogP contribution in [0.1, 0.15) is 60.2 Å². The van der Waals surface area contributed by atoms with E-state index in [0.717, 1.165) is 18.2 Å². The summed E-state index contributed by atoms with van der Waals surface area (Å²) in [5.41, 5.74) is -1.95. The molecule has 0 unspecified atom stereocenters. The minimum Gasteiger partial charge on any atom is -0.478 e. The lowest BCUT2D eigenvalue weighted by atomic mass is 10.0. The first-order chi connectivity index (χ1) is 14.6. The van der Waals surface area contributed by atoms with E-state index in [4.69, 9.17) is 9.47 Å². The van der Waals surface area contributed by atoms with Gasteiger partial charge in [-0.1, -0.05) is 6.07 Å². The van der Waals surface area contributed by atoms with Crippen LogP contribution in [0.5, 0.6) is 0 Å². The molecule has 0 aliphatic heterocycles. The number of benzene rings is 1. The van der Waals surface area contributed by atoms with Gasteiger partial charge in [-0.2, -0.15) is 0 Å². The smallest absolute Gasteiger partial charge is 0.348 e. The summed E-state index contributed by atoms with van der Waals surface area (Å²) in [7, 11) is 0. The van der Waals surface area contributed by atoms with Gasteiger partial charge in [-0.25, -0.2) is 14.4 Å². The average Bonchev–Trinajstić information content (AvgIpc) is 3.03. The quantitative estimate of drug-likeness (QED) is 0.349. The number of nitrogens with one attached hydrogen (secondary N) is 1. The molecule has 2 aromatic rings. The van der Waals surface area contributed by atoms with E-state index in [1.165, 1.54) is 6.92 Å². The number of hydrogen-bond donors (Lipinski definition) is 2. The Balaban J connectivity index is 2.61. The molecule has 2 rings (SSSR count). The van der Waals surface area contributed by atoms with Crippen molar-refractivity contribution in [3.63, 3.8) is 0 Å². The molecule has 0 aliphatic carbocycles. The number of carboxylic acids is 1. The molecular weight excluding hydrogens is 432 g/mol. The third kappa shape index (κ3) is 4.86. The van der Waals surface area contributed by atoms with Crippen molar-refractivity contribution in [2.24, 2.45) is 0 Å². The SMILES string of the molecule is CCOC(=O)c1sc(NC(=O)c2c(C(=O)O)cccc2[N+](=O)[O-])c(C(=O)OCC)c1C. The summed E-state index contributed by atoms with van der Waals surface area (Å²) in [6, 6.07) is 3.16. The number of carboxylic acid groups (broad SMARTS) is 1. The molecule has 11 nitrogen and oxygen atoms in total. The minimum absolute atomic E-state index is 0.0174. The van der Waals surface area contributed by atoms with E-state index < -0.39 is 45.6 Å². The van der Waals surface area contributed by atoms with Crippen LogP contribution in [0.2, 0.25) is 0 Å². The standard InChI is InChI=1S/C19H18N2O9S/c1-4-29-18(25)12-9(3)14(19(26)30-5-2)31-16(12)20-15(22)13-10(17(23)24)7-6-8-11(13)21(27)28/h6-8H,4-5H2,1-3H3,(H,20,22)(H,23,24). The molecule has 1 aromatic carbocycles. The van der Waals surface area contributed by atoms with Crippen molar-refractivity contribution in [3.05, 3.63) is 55.4 Å². The van der Waals surface area contributed by atoms with E-state index >= 15 is 0 Å². The summed E-state index contributed by atoms with van der Waals surface area (Å²) in [5.74, 6) is -4.24. The second-order valence-electron chi connectivity index (χ2n) is 5.92. The highest BCUT2D eigenvalue weighted by atomic mass is 32.1. The lowest BCUT2D eigenvalue weighted by molar-refractivity contribution is -0.385. The maximum atomic E-state index is 12.9. The number of hydrogen-bond acceptors (Lipinski definition) is 9. The van der Waals surface area contributed by atoms with E-state index in [0.29, 0.717) is 11.3 Å². The molecule has 0 fully saturated rings. The molecule has 0 radical (unpaired) electrons. The van der Waals surface area contributed by atoms with Gasteiger partial charge in [0.25, 0.3) is 11.6 Å². The number of nitro benzene ring substituents is 1. The van der Waals surface area contributed by atoms with E-state index in [1.54, 1.807) is 13.8 Å². The Bertz CT molecular complexity index is 1040. The number of nitro groups is 1. The van der Waals surface area contributed by atoms with Crippen molar-refractivity contribution >= 4 is 45.8 Å². The van der Waals surface area contributed by atoms with Crippen molar-refractivity contribution in [2.75, 3.05) is 18.5 Å². The lowest BCUT2D eigenvalue weighted by Crippen LogP contribution is -2.19. The number of nitrogens with zero attached hydrogens (tertiary/aromatic N) is 1. The predicted octanol–water partition coefficient (Wildman–Crippen LogP) is 3.27. The van der Waals surface area contributed by atoms with E-state index in [-0.39, 0.29) is 34.2 Å². The summed E-state index contributed by atoms with van der Waals surface area (Å²) < 4.78 is 9.92. The van der Waals surface area contributed by atoms with Gasteiger partial charge in [-0.05, 0) is 32.4 Å². The van der Waals surface area contributed by atoms with Gasteiger partial charge in [-0.3, -0.25) is 14.9 Å². The van der Waals surface area contributed by atoms with Crippen LogP contribution >= 0.6 is 11.3 Å². The van der Waals surface area contributed by atoms with Crippen LogP contribution in [0, 0.1) is 17.0 Å². The van der Waals surface area contributed by atoms with Gasteiger partial charge in [0.15, 0.2) is 0 Å². The first kappa shape index (κ1) is 23.5. The number of carbonyl (C=O) groups is 4. The van der Waals surface area contributed by atoms with Crippen LogP contribution in [0.4, 0.5) is 10.7 Å². The molecule has 0 spiro atoms. The molecule has 0 saturated heterocycles. The van der Waals surface area contributed by atoms with Gasteiger partial charge < -0.3 is 19.9 Å². The molecule has 0 aliphatic rings. The molecule has 0 atom stereocenters. The van der Waals surface area contributed by atoms with Crippen LogP contribution < -0.4 is 5.32 Å². The van der Waals surface area contributed by atoms with Crippen molar-refractivity contribution in [2.45, 2.75) is 20.8 Å². The van der Waals surface area contributed by atoms with Crippen LogP contribution in [-0.4, -0.2) is 47.1 Å². The van der Waals surface area contributed by atoms with Gasteiger partial charge in [0.2, 0.25) is 0 Å². The lowest BCUT2D eigenvalue weighted by Gasteiger charge is -2.09. The summed E-state index contributed by atoms with van der Waals surface area (Å²) in [6.45, 7) is 4.71. The van der Waals surface area contributed by atoms with E-state index in [9.17, 15) is 34.4 Å². The zero-order valence-corrected chi connectivity index (χ0v) is 17.5. The molecule has 2 N–H and O–H groups in total. The highest BCUT2D eigenvalue weighted by Crippen LogP contribution is 2.35. The van der Waals surface area contributed by atoms with Crippen LogP contribution in [0.25, 0.3) is 0 Å². The fourth-order valence-electron chi connectivity index (χ4n) is 2.72. The third-order valence-electron chi connectivity index (χ3n) is 4.01. The maximum Gasteiger partial charge on any atom is 0.348 e. The summed E-state index contributed by atoms with van der Waals surface area (Å²) >= 11 is 0.715. The van der Waals surface area contributed by atoms with Crippen molar-refractivity contribution in [1.29, 1.82) is 0 Å². The third-order valence-corrected chi connectivity index (χ3v) is 5.20. The molecule has 0 saturated carbocycles. The summed E-state index contributed by atoms with van der Waals surface area (Å²) in [5, 5.41) is 22.9. The Morgan fingerprint density at radius 3 is 2.26 bits per heavy atom. The largest absolute Gasteiger partial charge is 0.478 e. The first-order valence-corrected chi connectivity index (χ1v) is 9.75. The maximum absolute atomic E-state index is 12.9. The molecule has 0 bridgehead atoms. The highest BCUT2D eigenvalue weighted by molar-refractivity contribution is 7.18. The Kier molecular flexibility index (Phi) is 7.42. The van der Waals surface area contributed by atoms with Gasteiger partial charge >= 0.3 is 17.9 Å². The normalized spacial score (nSPS) is 10.3. The number of carbonyl (C=O) groups excluding carboxylic acids is 3. The summed E-state index contributed by atoms with van der Waals surface area (Å²) in [6.07, 6.45) is 0. The van der Waals surface area contributed by atoms with Crippen molar-refractivity contribution in [1.82, 2.24) is 0 Å². The molecule has 1 aromatic heterocycles.